The molecule has 1 unspecified atom stereocenters. The first kappa shape index (κ1) is 14.3. The van der Waals surface area contributed by atoms with Crippen molar-refractivity contribution in [2.75, 3.05) is 6.54 Å². The molecule has 3 nitrogen and oxygen atoms in total. The zero-order valence-corrected chi connectivity index (χ0v) is 13.2. The van der Waals surface area contributed by atoms with Gasteiger partial charge in [0.2, 0.25) is 5.91 Å². The van der Waals surface area contributed by atoms with Crippen LogP contribution in [0.3, 0.4) is 0 Å². The Morgan fingerprint density at radius 2 is 2.10 bits per heavy atom. The SMILES string of the molecule is O=C(NCc1cccc(Br)c1)C1NCCc2ccccc21. The van der Waals surface area contributed by atoms with E-state index in [0.29, 0.717) is 6.54 Å². The van der Waals surface area contributed by atoms with Gasteiger partial charge in [0.05, 0.1) is 0 Å². The van der Waals surface area contributed by atoms with Crippen LogP contribution in [-0.4, -0.2) is 12.5 Å². The monoisotopic (exact) mass is 344 g/mol. The highest BCUT2D eigenvalue weighted by molar-refractivity contribution is 9.10. The van der Waals surface area contributed by atoms with Crippen LogP contribution in [0.15, 0.2) is 53.0 Å². The van der Waals surface area contributed by atoms with Gasteiger partial charge in [-0.25, -0.2) is 0 Å². The third-order valence-corrected chi connectivity index (χ3v) is 4.22. The fourth-order valence-corrected chi connectivity index (χ4v) is 3.12. The zero-order chi connectivity index (χ0) is 14.7. The summed E-state index contributed by atoms with van der Waals surface area (Å²) in [6.07, 6.45) is 0.978. The first-order valence-electron chi connectivity index (χ1n) is 7.07. The van der Waals surface area contributed by atoms with Gasteiger partial charge in [-0.15, -0.1) is 0 Å². The molecule has 0 saturated heterocycles. The lowest BCUT2D eigenvalue weighted by Gasteiger charge is -2.26. The smallest absolute Gasteiger partial charge is 0.242 e. The van der Waals surface area contributed by atoms with Crippen LogP contribution in [0.25, 0.3) is 0 Å². The summed E-state index contributed by atoms with van der Waals surface area (Å²) in [6.45, 7) is 1.38. The molecule has 0 bridgehead atoms. The van der Waals surface area contributed by atoms with E-state index < -0.39 is 0 Å². The number of carbonyl (C=O) groups is 1. The second-order valence-electron chi connectivity index (χ2n) is 5.18. The predicted molar refractivity (Wildman–Crippen MR) is 86.9 cm³/mol. The maximum absolute atomic E-state index is 12.4. The molecule has 1 atom stereocenters. The van der Waals surface area contributed by atoms with Crippen LogP contribution in [0.1, 0.15) is 22.7 Å². The normalized spacial score (nSPS) is 17.1. The Kier molecular flexibility index (Phi) is 4.36. The lowest BCUT2D eigenvalue weighted by molar-refractivity contribution is -0.123. The third-order valence-electron chi connectivity index (χ3n) is 3.73. The molecule has 1 aliphatic heterocycles. The number of hydrogen-bond donors (Lipinski definition) is 2. The largest absolute Gasteiger partial charge is 0.350 e. The number of halogens is 1. The Balaban J connectivity index is 1.69. The Morgan fingerprint density at radius 3 is 2.95 bits per heavy atom. The molecule has 1 aliphatic rings. The fraction of sp³-hybridized carbons (Fsp3) is 0.235. The summed E-state index contributed by atoms with van der Waals surface area (Å²) >= 11 is 3.44. The Bertz CT molecular complexity index is 657. The maximum atomic E-state index is 12.4. The maximum Gasteiger partial charge on any atom is 0.242 e. The molecule has 2 N–H and O–H groups in total. The minimum Gasteiger partial charge on any atom is -0.350 e. The van der Waals surface area contributed by atoms with E-state index in [1.54, 1.807) is 0 Å². The number of hydrogen-bond acceptors (Lipinski definition) is 2. The molecule has 0 aliphatic carbocycles. The van der Waals surface area contributed by atoms with E-state index in [0.717, 1.165) is 28.6 Å². The summed E-state index contributed by atoms with van der Waals surface area (Å²) < 4.78 is 1.02. The van der Waals surface area contributed by atoms with E-state index >= 15 is 0 Å². The summed E-state index contributed by atoms with van der Waals surface area (Å²) in [6, 6.07) is 15.9. The second kappa shape index (κ2) is 6.41. The molecule has 4 heteroatoms. The molecule has 108 valence electrons. The van der Waals surface area contributed by atoms with Gasteiger partial charge in [-0.05, 0) is 35.2 Å². The van der Waals surface area contributed by atoms with Crippen molar-refractivity contribution in [3.05, 3.63) is 69.7 Å². The van der Waals surface area contributed by atoms with Crippen LogP contribution < -0.4 is 10.6 Å². The number of amides is 1. The van der Waals surface area contributed by atoms with Crippen molar-refractivity contribution >= 4 is 21.8 Å². The average Bonchev–Trinajstić information content (AvgIpc) is 2.52. The summed E-state index contributed by atoms with van der Waals surface area (Å²) in [5.41, 5.74) is 3.44. The molecule has 0 radical (unpaired) electrons. The van der Waals surface area contributed by atoms with E-state index in [1.807, 2.05) is 42.5 Å². The van der Waals surface area contributed by atoms with Gasteiger partial charge in [0.1, 0.15) is 6.04 Å². The van der Waals surface area contributed by atoms with Crippen LogP contribution in [-0.2, 0) is 17.8 Å². The van der Waals surface area contributed by atoms with E-state index in [1.165, 1.54) is 5.56 Å². The summed E-state index contributed by atoms with van der Waals surface area (Å²) in [4.78, 5) is 12.4. The van der Waals surface area contributed by atoms with Crippen molar-refractivity contribution in [1.29, 1.82) is 0 Å². The zero-order valence-electron chi connectivity index (χ0n) is 11.6. The lowest BCUT2D eigenvalue weighted by atomic mass is 9.94. The number of nitrogens with one attached hydrogen (secondary N) is 2. The van der Waals surface area contributed by atoms with Crippen LogP contribution in [0.4, 0.5) is 0 Å². The molecular formula is C17H17BrN2O. The lowest BCUT2D eigenvalue weighted by Crippen LogP contribution is -2.41. The fourth-order valence-electron chi connectivity index (χ4n) is 2.68. The highest BCUT2D eigenvalue weighted by atomic mass is 79.9. The van der Waals surface area contributed by atoms with Crippen LogP contribution >= 0.6 is 15.9 Å². The topological polar surface area (TPSA) is 41.1 Å². The Hall–Kier alpha value is -1.65. The number of benzene rings is 2. The second-order valence-corrected chi connectivity index (χ2v) is 6.10. The molecule has 1 amide bonds. The molecule has 21 heavy (non-hydrogen) atoms. The first-order valence-corrected chi connectivity index (χ1v) is 7.87. The highest BCUT2D eigenvalue weighted by Crippen LogP contribution is 2.22. The molecular weight excluding hydrogens is 328 g/mol. The van der Waals surface area contributed by atoms with Crippen molar-refractivity contribution in [3.63, 3.8) is 0 Å². The number of rotatable bonds is 3. The van der Waals surface area contributed by atoms with Gasteiger partial charge in [-0.3, -0.25) is 4.79 Å². The third kappa shape index (κ3) is 3.34. The molecule has 0 saturated carbocycles. The van der Waals surface area contributed by atoms with Gasteiger partial charge in [-0.1, -0.05) is 52.3 Å². The van der Waals surface area contributed by atoms with Gasteiger partial charge in [0.25, 0.3) is 0 Å². The van der Waals surface area contributed by atoms with Crippen molar-refractivity contribution in [2.45, 2.75) is 19.0 Å². The van der Waals surface area contributed by atoms with Gasteiger partial charge in [-0.2, -0.15) is 0 Å². The van der Waals surface area contributed by atoms with Crippen molar-refractivity contribution < 1.29 is 4.79 Å². The van der Waals surface area contributed by atoms with Crippen molar-refractivity contribution in [2.24, 2.45) is 0 Å². The molecule has 0 spiro atoms. The van der Waals surface area contributed by atoms with Crippen LogP contribution in [0, 0.1) is 0 Å². The van der Waals surface area contributed by atoms with Gasteiger partial charge in [0.15, 0.2) is 0 Å². The van der Waals surface area contributed by atoms with Gasteiger partial charge < -0.3 is 10.6 Å². The molecule has 2 aromatic rings. The van der Waals surface area contributed by atoms with Crippen LogP contribution in [0.2, 0.25) is 0 Å². The van der Waals surface area contributed by atoms with E-state index in [9.17, 15) is 4.79 Å². The molecule has 1 heterocycles. The predicted octanol–water partition coefficient (Wildman–Crippen LogP) is 2.95. The quantitative estimate of drug-likeness (QED) is 0.898. The summed E-state index contributed by atoms with van der Waals surface area (Å²) in [5, 5.41) is 6.32. The van der Waals surface area contributed by atoms with E-state index in [2.05, 4.69) is 32.6 Å². The standard InChI is InChI=1S/C17H17BrN2O/c18-14-6-3-4-12(10-14)11-20-17(21)16-15-7-2-1-5-13(15)8-9-19-16/h1-7,10,16,19H,8-9,11H2,(H,20,21). The number of fused-ring (bicyclic) bond motifs is 1. The molecule has 3 rings (SSSR count). The van der Waals surface area contributed by atoms with E-state index in [4.69, 9.17) is 0 Å². The van der Waals surface area contributed by atoms with Crippen molar-refractivity contribution in [1.82, 2.24) is 10.6 Å². The van der Waals surface area contributed by atoms with Crippen LogP contribution in [0.5, 0.6) is 0 Å². The van der Waals surface area contributed by atoms with Gasteiger partial charge in [0, 0.05) is 17.6 Å². The Labute approximate surface area is 132 Å². The average molecular weight is 345 g/mol. The number of carbonyl (C=O) groups excluding carboxylic acids is 1. The Morgan fingerprint density at radius 1 is 1.24 bits per heavy atom. The van der Waals surface area contributed by atoms with Gasteiger partial charge >= 0.3 is 0 Å². The molecule has 0 fully saturated rings. The minimum atomic E-state index is -0.248. The minimum absolute atomic E-state index is 0.0297. The first-order chi connectivity index (χ1) is 10.2. The summed E-state index contributed by atoms with van der Waals surface area (Å²) in [7, 11) is 0. The van der Waals surface area contributed by atoms with E-state index in [-0.39, 0.29) is 11.9 Å². The van der Waals surface area contributed by atoms with Crippen molar-refractivity contribution in [3.8, 4) is 0 Å². The molecule has 0 aromatic heterocycles. The highest BCUT2D eigenvalue weighted by Gasteiger charge is 2.25. The summed E-state index contributed by atoms with van der Waals surface area (Å²) in [5.74, 6) is 0.0297. The molecule has 2 aromatic carbocycles.